The van der Waals surface area contributed by atoms with Gasteiger partial charge >= 0.3 is 0 Å². The highest BCUT2D eigenvalue weighted by Crippen LogP contribution is 2.29. The van der Waals surface area contributed by atoms with Gasteiger partial charge in [0.1, 0.15) is 17.2 Å². The molecule has 0 aromatic heterocycles. The third-order valence-corrected chi connectivity index (χ3v) is 4.02. The van der Waals surface area contributed by atoms with Crippen molar-refractivity contribution in [3.05, 3.63) is 84.4 Å². The number of fused-ring (bicyclic) bond motifs is 1. The predicted octanol–water partition coefficient (Wildman–Crippen LogP) is 4.42. The number of hydrogen-bond donors (Lipinski definition) is 1. The third-order valence-electron chi connectivity index (χ3n) is 4.02. The number of para-hydroxylation sites is 2. The lowest BCUT2D eigenvalue weighted by Gasteiger charge is -2.12. The first-order valence-electron chi connectivity index (χ1n) is 8.16. The fraction of sp³-hybridized carbons (Fsp3) is 0.0952. The van der Waals surface area contributed by atoms with Gasteiger partial charge in [0, 0.05) is 18.2 Å². The highest BCUT2D eigenvalue weighted by Gasteiger charge is 2.28. The van der Waals surface area contributed by atoms with Crippen LogP contribution in [0.1, 0.15) is 5.56 Å². The Bertz CT molecular complexity index is 867. The molecule has 25 heavy (non-hydrogen) atoms. The molecule has 4 rings (SSSR count). The zero-order valence-corrected chi connectivity index (χ0v) is 13.5. The fourth-order valence-electron chi connectivity index (χ4n) is 2.81. The summed E-state index contributed by atoms with van der Waals surface area (Å²) in [5, 5.41) is 2.90. The van der Waals surface area contributed by atoms with Gasteiger partial charge in [-0.25, -0.2) is 0 Å². The summed E-state index contributed by atoms with van der Waals surface area (Å²) in [6.45, 7) is 0. The molecule has 1 atom stereocenters. The van der Waals surface area contributed by atoms with Gasteiger partial charge in [0.25, 0.3) is 5.91 Å². The van der Waals surface area contributed by atoms with Crippen molar-refractivity contribution in [1.29, 1.82) is 0 Å². The largest absolute Gasteiger partial charge is 0.480 e. The monoisotopic (exact) mass is 331 g/mol. The van der Waals surface area contributed by atoms with E-state index in [9.17, 15) is 4.79 Å². The van der Waals surface area contributed by atoms with Crippen LogP contribution in [-0.4, -0.2) is 12.0 Å². The summed E-state index contributed by atoms with van der Waals surface area (Å²) >= 11 is 0. The maximum absolute atomic E-state index is 12.5. The summed E-state index contributed by atoms with van der Waals surface area (Å²) in [6, 6.07) is 24.6. The van der Waals surface area contributed by atoms with Crippen molar-refractivity contribution in [1.82, 2.24) is 0 Å². The standard InChI is InChI=1S/C21H17NO3/c23-21(20-13-15-7-4-5-12-19(15)25-20)22-16-8-6-11-18(14-16)24-17-9-2-1-3-10-17/h1-12,14,20H,13H2,(H,22,23). The van der Waals surface area contributed by atoms with E-state index in [1.807, 2.05) is 72.8 Å². The molecule has 4 nitrogen and oxygen atoms in total. The molecule has 0 bridgehead atoms. The number of rotatable bonds is 4. The number of ether oxygens (including phenoxy) is 2. The zero-order chi connectivity index (χ0) is 17.1. The van der Waals surface area contributed by atoms with Gasteiger partial charge in [0.05, 0.1) is 0 Å². The van der Waals surface area contributed by atoms with Crippen molar-refractivity contribution in [2.75, 3.05) is 5.32 Å². The van der Waals surface area contributed by atoms with Crippen LogP contribution >= 0.6 is 0 Å². The van der Waals surface area contributed by atoms with Crippen LogP contribution in [-0.2, 0) is 11.2 Å². The first-order chi connectivity index (χ1) is 12.3. The van der Waals surface area contributed by atoms with E-state index < -0.39 is 6.10 Å². The number of carbonyl (C=O) groups excluding carboxylic acids is 1. The molecule has 3 aromatic rings. The lowest BCUT2D eigenvalue weighted by atomic mass is 10.1. The number of anilines is 1. The van der Waals surface area contributed by atoms with Gasteiger partial charge in [-0.2, -0.15) is 0 Å². The fourth-order valence-corrected chi connectivity index (χ4v) is 2.81. The first-order valence-corrected chi connectivity index (χ1v) is 8.16. The lowest BCUT2D eigenvalue weighted by Crippen LogP contribution is -2.31. The van der Waals surface area contributed by atoms with Gasteiger partial charge < -0.3 is 14.8 Å². The Morgan fingerprint density at radius 3 is 2.52 bits per heavy atom. The summed E-state index contributed by atoms with van der Waals surface area (Å²) in [4.78, 5) is 12.5. The SMILES string of the molecule is O=C(Nc1cccc(Oc2ccccc2)c1)C1Cc2ccccc2O1. The molecule has 3 aromatic carbocycles. The van der Waals surface area contributed by atoms with Gasteiger partial charge in [-0.1, -0.05) is 42.5 Å². The molecule has 1 aliphatic heterocycles. The van der Waals surface area contributed by atoms with Crippen LogP contribution < -0.4 is 14.8 Å². The van der Waals surface area contributed by atoms with Crippen molar-refractivity contribution in [2.24, 2.45) is 0 Å². The molecule has 0 saturated carbocycles. The molecule has 1 amide bonds. The van der Waals surface area contributed by atoms with E-state index in [1.165, 1.54) is 0 Å². The first kappa shape index (κ1) is 15.3. The van der Waals surface area contributed by atoms with Gasteiger partial charge in [0.15, 0.2) is 6.10 Å². The maximum Gasteiger partial charge on any atom is 0.265 e. The van der Waals surface area contributed by atoms with E-state index in [0.717, 1.165) is 17.1 Å². The molecule has 0 aliphatic carbocycles. The lowest BCUT2D eigenvalue weighted by molar-refractivity contribution is -0.122. The second-order valence-corrected chi connectivity index (χ2v) is 5.85. The number of amides is 1. The van der Waals surface area contributed by atoms with Crippen LogP contribution in [0.4, 0.5) is 5.69 Å². The summed E-state index contributed by atoms with van der Waals surface area (Å²) < 4.78 is 11.5. The molecule has 4 heteroatoms. The van der Waals surface area contributed by atoms with Crippen molar-refractivity contribution < 1.29 is 14.3 Å². The molecule has 124 valence electrons. The second-order valence-electron chi connectivity index (χ2n) is 5.85. The van der Waals surface area contributed by atoms with E-state index in [-0.39, 0.29) is 5.91 Å². The molecule has 1 N–H and O–H groups in total. The summed E-state index contributed by atoms with van der Waals surface area (Å²) in [5.41, 5.74) is 1.74. The molecule has 1 unspecified atom stereocenters. The zero-order valence-electron chi connectivity index (χ0n) is 13.5. The molecule has 1 aliphatic rings. The van der Waals surface area contributed by atoms with Gasteiger partial charge in [-0.05, 0) is 35.9 Å². The van der Waals surface area contributed by atoms with E-state index in [4.69, 9.17) is 9.47 Å². The van der Waals surface area contributed by atoms with Crippen LogP contribution in [0.15, 0.2) is 78.9 Å². The third kappa shape index (κ3) is 3.48. The van der Waals surface area contributed by atoms with Crippen molar-refractivity contribution >= 4 is 11.6 Å². The van der Waals surface area contributed by atoms with Gasteiger partial charge in [0.2, 0.25) is 0 Å². The molecule has 0 fully saturated rings. The normalized spacial score (nSPS) is 15.1. The number of carbonyl (C=O) groups is 1. The molecule has 0 radical (unpaired) electrons. The number of hydrogen-bond acceptors (Lipinski definition) is 3. The Labute approximate surface area is 146 Å². The van der Waals surface area contributed by atoms with Gasteiger partial charge in [-0.3, -0.25) is 4.79 Å². The average molecular weight is 331 g/mol. The van der Waals surface area contributed by atoms with E-state index >= 15 is 0 Å². The molecular formula is C21H17NO3. The highest BCUT2D eigenvalue weighted by molar-refractivity contribution is 5.95. The smallest absolute Gasteiger partial charge is 0.265 e. The van der Waals surface area contributed by atoms with Gasteiger partial charge in [-0.15, -0.1) is 0 Å². The second kappa shape index (κ2) is 6.69. The van der Waals surface area contributed by atoms with Crippen LogP contribution in [0.5, 0.6) is 17.2 Å². The highest BCUT2D eigenvalue weighted by atomic mass is 16.5. The van der Waals surface area contributed by atoms with Crippen LogP contribution in [0.2, 0.25) is 0 Å². The molecule has 0 saturated heterocycles. The minimum atomic E-state index is -0.504. The Morgan fingerprint density at radius 1 is 0.920 bits per heavy atom. The quantitative estimate of drug-likeness (QED) is 0.770. The Balaban J connectivity index is 1.43. The summed E-state index contributed by atoms with van der Waals surface area (Å²) in [7, 11) is 0. The average Bonchev–Trinajstić information content (AvgIpc) is 3.07. The predicted molar refractivity (Wildman–Crippen MR) is 96.1 cm³/mol. The van der Waals surface area contributed by atoms with Crippen LogP contribution in [0, 0.1) is 0 Å². The molecular weight excluding hydrogens is 314 g/mol. The maximum atomic E-state index is 12.5. The van der Waals surface area contributed by atoms with E-state index in [1.54, 1.807) is 6.07 Å². The molecule has 0 spiro atoms. The minimum Gasteiger partial charge on any atom is -0.480 e. The number of benzene rings is 3. The van der Waals surface area contributed by atoms with Crippen molar-refractivity contribution in [3.8, 4) is 17.2 Å². The topological polar surface area (TPSA) is 47.6 Å². The Kier molecular flexibility index (Phi) is 4.09. The van der Waals surface area contributed by atoms with Crippen LogP contribution in [0.25, 0.3) is 0 Å². The summed E-state index contributed by atoms with van der Waals surface area (Å²) in [5.74, 6) is 2.04. The Hall–Kier alpha value is -3.27. The van der Waals surface area contributed by atoms with Crippen molar-refractivity contribution in [3.63, 3.8) is 0 Å². The van der Waals surface area contributed by atoms with Crippen LogP contribution in [0.3, 0.4) is 0 Å². The van der Waals surface area contributed by atoms with Crippen molar-refractivity contribution in [2.45, 2.75) is 12.5 Å². The minimum absolute atomic E-state index is 0.159. The molecule has 1 heterocycles. The van der Waals surface area contributed by atoms with E-state index in [2.05, 4.69) is 5.32 Å². The Morgan fingerprint density at radius 2 is 1.68 bits per heavy atom. The number of nitrogens with one attached hydrogen (secondary N) is 1. The van der Waals surface area contributed by atoms with E-state index in [0.29, 0.717) is 17.9 Å². The summed E-state index contributed by atoms with van der Waals surface area (Å²) in [6.07, 6.45) is 0.0819.